The molecule has 3 aromatic rings. The number of aliphatic hydroxyl groups excluding tert-OH is 1. The fourth-order valence-electron chi connectivity index (χ4n) is 5.06. The molecule has 1 N–H and O–H groups in total. The number of rotatable bonds is 3. The Bertz CT molecular complexity index is 1170. The van der Waals surface area contributed by atoms with Crippen molar-refractivity contribution >= 4 is 40.6 Å². The van der Waals surface area contributed by atoms with Gasteiger partial charge in [-0.1, -0.05) is 19.1 Å². The molecular weight excluding hydrogens is 426 g/mol. The lowest BCUT2D eigenvalue weighted by atomic mass is 9.81. The van der Waals surface area contributed by atoms with Crippen LogP contribution in [0.5, 0.6) is 0 Å². The van der Waals surface area contributed by atoms with E-state index in [0.717, 1.165) is 72.8 Å². The second-order valence-electron chi connectivity index (χ2n) is 9.10. The van der Waals surface area contributed by atoms with E-state index in [0.29, 0.717) is 18.8 Å². The highest BCUT2D eigenvalue weighted by Gasteiger charge is 2.33. The molecule has 0 saturated carbocycles. The van der Waals surface area contributed by atoms with Crippen LogP contribution in [-0.2, 0) is 4.74 Å². The number of piperidine rings is 1. The first-order chi connectivity index (χ1) is 15.1. The van der Waals surface area contributed by atoms with Gasteiger partial charge in [-0.25, -0.2) is 4.98 Å². The van der Waals surface area contributed by atoms with Gasteiger partial charge < -0.3 is 19.6 Å². The summed E-state index contributed by atoms with van der Waals surface area (Å²) in [6, 6.07) is 10.6. The number of nitrogens with zero attached hydrogens (tertiary/aromatic N) is 5. The fraction of sp³-hybridized carbons (Fsp3) is 0.500. The Hall–Kier alpha value is -2.53. The lowest BCUT2D eigenvalue weighted by Crippen LogP contribution is -2.42. The van der Waals surface area contributed by atoms with Gasteiger partial charge in [-0.15, -0.1) is 12.4 Å². The van der Waals surface area contributed by atoms with E-state index in [1.54, 1.807) is 0 Å². The first-order valence-corrected chi connectivity index (χ1v) is 11.1. The van der Waals surface area contributed by atoms with Crippen LogP contribution in [0.15, 0.2) is 24.3 Å². The summed E-state index contributed by atoms with van der Waals surface area (Å²) in [5, 5.41) is 20.0. The van der Waals surface area contributed by atoms with Crippen LogP contribution in [0.3, 0.4) is 0 Å². The Morgan fingerprint density at radius 3 is 2.47 bits per heavy atom. The van der Waals surface area contributed by atoms with Gasteiger partial charge in [0.2, 0.25) is 0 Å². The predicted molar refractivity (Wildman–Crippen MR) is 129 cm³/mol. The molecule has 7 nitrogen and oxygen atoms in total. The van der Waals surface area contributed by atoms with Gasteiger partial charge in [0, 0.05) is 38.3 Å². The number of aromatic nitrogens is 2. The summed E-state index contributed by atoms with van der Waals surface area (Å²) in [5.41, 5.74) is 5.35. The van der Waals surface area contributed by atoms with E-state index in [4.69, 9.17) is 9.72 Å². The minimum absolute atomic E-state index is 0. The van der Waals surface area contributed by atoms with Crippen molar-refractivity contribution in [2.24, 2.45) is 5.41 Å². The van der Waals surface area contributed by atoms with Crippen LogP contribution in [-0.4, -0.2) is 60.5 Å². The van der Waals surface area contributed by atoms with E-state index in [1.807, 2.05) is 18.2 Å². The largest absolute Gasteiger partial charge is 0.396 e. The summed E-state index contributed by atoms with van der Waals surface area (Å²) >= 11 is 0. The number of anilines is 2. The summed E-state index contributed by atoms with van der Waals surface area (Å²) < 4.78 is 7.75. The molecule has 2 fully saturated rings. The number of fused-ring (bicyclic) bond motifs is 3. The third-order valence-corrected chi connectivity index (χ3v) is 7.01. The monoisotopic (exact) mass is 455 g/mol. The Labute approximate surface area is 194 Å². The van der Waals surface area contributed by atoms with Crippen LogP contribution in [0.25, 0.3) is 16.7 Å². The second-order valence-corrected chi connectivity index (χ2v) is 9.10. The topological polar surface area (TPSA) is 77.0 Å². The van der Waals surface area contributed by atoms with Crippen LogP contribution in [0.1, 0.15) is 30.9 Å². The number of aliphatic hydroxyl groups is 1. The zero-order chi connectivity index (χ0) is 21.6. The number of para-hydroxylation sites is 2. The van der Waals surface area contributed by atoms with Crippen molar-refractivity contribution in [2.45, 2.75) is 26.7 Å². The average Bonchev–Trinajstić information content (AvgIpc) is 3.19. The smallest absolute Gasteiger partial charge is 0.159 e. The molecule has 2 aliphatic heterocycles. The van der Waals surface area contributed by atoms with Crippen LogP contribution in [0.4, 0.5) is 11.5 Å². The van der Waals surface area contributed by atoms with E-state index in [9.17, 15) is 10.4 Å². The molecular formula is C24H30ClN5O2. The SMILES string of the molecule is Cc1c(N2CCOCC2)c(C#N)c2nc3ccccc3n2c1N1CCC(C)(CO)CC1.Cl. The lowest BCUT2D eigenvalue weighted by molar-refractivity contribution is 0.114. The van der Waals surface area contributed by atoms with Gasteiger partial charge in [-0.05, 0) is 37.3 Å². The van der Waals surface area contributed by atoms with Gasteiger partial charge in [-0.3, -0.25) is 4.40 Å². The molecule has 0 radical (unpaired) electrons. The summed E-state index contributed by atoms with van der Waals surface area (Å²) in [4.78, 5) is 9.59. The molecule has 1 aromatic carbocycles. The Balaban J connectivity index is 0.00000245. The van der Waals surface area contributed by atoms with Gasteiger partial charge in [0.05, 0.1) is 29.9 Å². The molecule has 4 heterocycles. The lowest BCUT2D eigenvalue weighted by Gasteiger charge is -2.41. The number of hydrogen-bond donors (Lipinski definition) is 1. The van der Waals surface area contributed by atoms with Crippen molar-refractivity contribution < 1.29 is 9.84 Å². The molecule has 2 saturated heterocycles. The zero-order valence-corrected chi connectivity index (χ0v) is 19.5. The molecule has 0 unspecified atom stereocenters. The molecule has 0 amide bonds. The van der Waals surface area contributed by atoms with Gasteiger partial charge >= 0.3 is 0 Å². The number of nitriles is 1. The third kappa shape index (κ3) is 3.57. The maximum absolute atomic E-state index is 10.2. The van der Waals surface area contributed by atoms with Crippen molar-refractivity contribution in [2.75, 3.05) is 55.8 Å². The van der Waals surface area contributed by atoms with Gasteiger partial charge in [0.25, 0.3) is 0 Å². The molecule has 0 bridgehead atoms. The first kappa shape index (κ1) is 22.7. The van der Waals surface area contributed by atoms with E-state index in [-0.39, 0.29) is 24.4 Å². The number of morpholine rings is 1. The zero-order valence-electron chi connectivity index (χ0n) is 18.7. The minimum Gasteiger partial charge on any atom is -0.396 e. The molecule has 0 aliphatic carbocycles. The molecule has 32 heavy (non-hydrogen) atoms. The van der Waals surface area contributed by atoms with E-state index in [1.165, 1.54) is 0 Å². The third-order valence-electron chi connectivity index (χ3n) is 7.01. The quantitative estimate of drug-likeness (QED) is 0.651. The van der Waals surface area contributed by atoms with Crippen LogP contribution >= 0.6 is 12.4 Å². The number of halogens is 1. The number of hydrogen-bond acceptors (Lipinski definition) is 6. The standard InChI is InChI=1S/C24H29N5O2.ClH/c1-17-21(27-11-13-31-14-12-27)18(15-25)22-26-19-5-3-4-6-20(19)29(22)23(17)28-9-7-24(2,16-30)8-10-28;/h3-6,30H,7-14,16H2,1-2H3;1H. The Morgan fingerprint density at radius 1 is 1.12 bits per heavy atom. The number of benzene rings is 1. The first-order valence-electron chi connectivity index (χ1n) is 11.1. The molecule has 2 aliphatic rings. The summed E-state index contributed by atoms with van der Waals surface area (Å²) in [5.74, 6) is 1.11. The number of pyridine rings is 1. The summed E-state index contributed by atoms with van der Waals surface area (Å²) in [7, 11) is 0. The van der Waals surface area contributed by atoms with Gasteiger partial charge in [-0.2, -0.15) is 5.26 Å². The van der Waals surface area contributed by atoms with E-state index < -0.39 is 0 Å². The molecule has 170 valence electrons. The Kier molecular flexibility index (Phi) is 6.22. The molecule has 2 aromatic heterocycles. The number of ether oxygens (including phenoxy) is 1. The van der Waals surface area contributed by atoms with Crippen LogP contribution < -0.4 is 9.80 Å². The van der Waals surface area contributed by atoms with Crippen LogP contribution in [0, 0.1) is 23.7 Å². The molecule has 0 atom stereocenters. The molecule has 8 heteroatoms. The fourth-order valence-corrected chi connectivity index (χ4v) is 5.06. The van der Waals surface area contributed by atoms with Crippen molar-refractivity contribution in [3.63, 3.8) is 0 Å². The summed E-state index contributed by atoms with van der Waals surface area (Å²) in [6.07, 6.45) is 1.87. The molecule has 0 spiro atoms. The van der Waals surface area contributed by atoms with Crippen molar-refractivity contribution in [1.82, 2.24) is 9.38 Å². The van der Waals surface area contributed by atoms with E-state index in [2.05, 4.69) is 40.2 Å². The second kappa shape index (κ2) is 8.78. The van der Waals surface area contributed by atoms with Crippen molar-refractivity contribution in [1.29, 1.82) is 5.26 Å². The highest BCUT2D eigenvalue weighted by molar-refractivity contribution is 5.90. The van der Waals surface area contributed by atoms with Gasteiger partial charge in [0.1, 0.15) is 17.5 Å². The maximum Gasteiger partial charge on any atom is 0.159 e. The van der Waals surface area contributed by atoms with Crippen LogP contribution in [0.2, 0.25) is 0 Å². The highest BCUT2D eigenvalue weighted by Crippen LogP contribution is 2.41. The maximum atomic E-state index is 10.2. The molecule has 5 rings (SSSR count). The summed E-state index contributed by atoms with van der Waals surface area (Å²) in [6.45, 7) is 9.13. The van der Waals surface area contributed by atoms with Crippen molar-refractivity contribution in [3.8, 4) is 6.07 Å². The Morgan fingerprint density at radius 2 is 1.81 bits per heavy atom. The predicted octanol–water partition coefficient (Wildman–Crippen LogP) is 3.52. The highest BCUT2D eigenvalue weighted by atomic mass is 35.5. The van der Waals surface area contributed by atoms with Crippen molar-refractivity contribution in [3.05, 3.63) is 35.4 Å². The normalized spacial score (nSPS) is 18.6. The average molecular weight is 456 g/mol. The number of imidazole rings is 1. The minimum atomic E-state index is -0.0276. The van der Waals surface area contributed by atoms with Gasteiger partial charge in [0.15, 0.2) is 5.65 Å². The van der Waals surface area contributed by atoms with E-state index >= 15 is 0 Å².